The molecule has 0 radical (unpaired) electrons. The van der Waals surface area contributed by atoms with Gasteiger partial charge in [-0.15, -0.1) is 0 Å². The van der Waals surface area contributed by atoms with Crippen molar-refractivity contribution < 1.29 is 18.7 Å². The molecular weight excluding hydrogens is 428 g/mol. The molecule has 7 heteroatoms. The maximum absolute atomic E-state index is 12.3. The van der Waals surface area contributed by atoms with E-state index in [0.29, 0.717) is 40.4 Å². The van der Waals surface area contributed by atoms with E-state index >= 15 is 0 Å². The minimum absolute atomic E-state index is 0.131. The molecule has 4 aromatic rings. The zero-order chi connectivity index (χ0) is 22.3. The fourth-order valence-corrected chi connectivity index (χ4v) is 3.17. The van der Waals surface area contributed by atoms with Gasteiger partial charge in [0.05, 0.1) is 19.2 Å². The van der Waals surface area contributed by atoms with E-state index in [-0.39, 0.29) is 12.3 Å². The lowest BCUT2D eigenvalue weighted by Gasteiger charge is -2.10. The Morgan fingerprint density at radius 2 is 1.72 bits per heavy atom. The van der Waals surface area contributed by atoms with Gasteiger partial charge in [0.2, 0.25) is 11.8 Å². The molecular formula is C25H21ClN2O4. The van der Waals surface area contributed by atoms with Gasteiger partial charge in [0.1, 0.15) is 12.0 Å². The maximum atomic E-state index is 12.3. The summed E-state index contributed by atoms with van der Waals surface area (Å²) in [6.07, 6.45) is 1.62. The molecule has 3 aromatic carbocycles. The van der Waals surface area contributed by atoms with E-state index in [9.17, 15) is 4.79 Å². The molecule has 0 spiro atoms. The van der Waals surface area contributed by atoms with Crippen LogP contribution in [0.3, 0.4) is 0 Å². The zero-order valence-electron chi connectivity index (χ0n) is 17.4. The van der Waals surface area contributed by atoms with Gasteiger partial charge >= 0.3 is 0 Å². The van der Waals surface area contributed by atoms with Crippen LogP contribution in [0.5, 0.6) is 17.2 Å². The Morgan fingerprint density at radius 3 is 2.44 bits per heavy atom. The molecule has 0 bridgehead atoms. The number of hydrogen-bond donors (Lipinski definition) is 1. The van der Waals surface area contributed by atoms with Gasteiger partial charge in [-0.3, -0.25) is 4.79 Å². The lowest BCUT2D eigenvalue weighted by molar-refractivity contribution is -0.120. The standard InChI is InChI=1S/C25H21ClN2O4/c1-30-22-4-2-3-5-23(22)32-21-12-6-17(7-13-21)15-27-24(29)14-20-16-31-25(28-20)18-8-10-19(26)11-9-18/h2-13,16H,14-15H2,1H3,(H,27,29). The second-order valence-electron chi connectivity index (χ2n) is 7.00. The summed E-state index contributed by atoms with van der Waals surface area (Å²) < 4.78 is 16.6. The van der Waals surface area contributed by atoms with Crippen molar-refractivity contribution in [2.24, 2.45) is 0 Å². The summed E-state index contributed by atoms with van der Waals surface area (Å²) in [7, 11) is 1.60. The molecule has 1 heterocycles. The number of ether oxygens (including phenoxy) is 2. The normalized spacial score (nSPS) is 10.6. The molecule has 32 heavy (non-hydrogen) atoms. The van der Waals surface area contributed by atoms with E-state index in [1.54, 1.807) is 19.2 Å². The first-order valence-electron chi connectivity index (χ1n) is 9.97. The number of aromatic nitrogens is 1. The van der Waals surface area contributed by atoms with Crippen molar-refractivity contribution in [2.45, 2.75) is 13.0 Å². The SMILES string of the molecule is COc1ccccc1Oc1ccc(CNC(=O)Cc2coc(-c3ccc(Cl)cc3)n2)cc1. The third-order valence-corrected chi connectivity index (χ3v) is 4.95. The number of carbonyl (C=O) groups is 1. The average molecular weight is 449 g/mol. The van der Waals surface area contributed by atoms with Crippen LogP contribution in [-0.2, 0) is 17.8 Å². The molecule has 1 N–H and O–H groups in total. The molecule has 0 aliphatic heterocycles. The summed E-state index contributed by atoms with van der Waals surface area (Å²) in [6, 6.07) is 22.1. The summed E-state index contributed by atoms with van der Waals surface area (Å²) >= 11 is 5.90. The Bertz CT molecular complexity index is 1190. The Kier molecular flexibility index (Phi) is 6.72. The second kappa shape index (κ2) is 10.0. The van der Waals surface area contributed by atoms with Crippen molar-refractivity contribution in [1.82, 2.24) is 10.3 Å². The summed E-state index contributed by atoms with van der Waals surface area (Å²) in [4.78, 5) is 16.7. The Morgan fingerprint density at radius 1 is 1.00 bits per heavy atom. The van der Waals surface area contributed by atoms with Crippen molar-refractivity contribution in [2.75, 3.05) is 7.11 Å². The quantitative estimate of drug-likeness (QED) is 0.376. The monoisotopic (exact) mass is 448 g/mol. The fraction of sp³-hybridized carbons (Fsp3) is 0.120. The minimum Gasteiger partial charge on any atom is -0.493 e. The highest BCUT2D eigenvalue weighted by atomic mass is 35.5. The third kappa shape index (κ3) is 5.47. The summed E-state index contributed by atoms with van der Waals surface area (Å²) in [5.74, 6) is 2.30. The van der Waals surface area contributed by atoms with E-state index in [2.05, 4.69) is 10.3 Å². The second-order valence-corrected chi connectivity index (χ2v) is 7.44. The smallest absolute Gasteiger partial charge is 0.226 e. The van der Waals surface area contributed by atoms with Crippen LogP contribution in [0.1, 0.15) is 11.3 Å². The minimum atomic E-state index is -0.143. The van der Waals surface area contributed by atoms with Gasteiger partial charge < -0.3 is 19.2 Å². The van der Waals surface area contributed by atoms with Gasteiger partial charge in [-0.1, -0.05) is 35.9 Å². The van der Waals surface area contributed by atoms with Gasteiger partial charge in [0.25, 0.3) is 0 Å². The predicted molar refractivity (Wildman–Crippen MR) is 122 cm³/mol. The molecule has 0 atom stereocenters. The lowest BCUT2D eigenvalue weighted by Crippen LogP contribution is -2.24. The van der Waals surface area contributed by atoms with Gasteiger partial charge in [0, 0.05) is 17.1 Å². The first-order valence-corrected chi connectivity index (χ1v) is 10.4. The molecule has 0 saturated carbocycles. The Balaban J connectivity index is 1.29. The molecule has 0 unspecified atom stereocenters. The largest absolute Gasteiger partial charge is 0.493 e. The Labute approximate surface area is 190 Å². The van der Waals surface area contributed by atoms with Crippen LogP contribution >= 0.6 is 11.6 Å². The number of nitrogens with one attached hydrogen (secondary N) is 1. The third-order valence-electron chi connectivity index (χ3n) is 4.69. The van der Waals surface area contributed by atoms with Crippen LogP contribution in [0.15, 0.2) is 83.5 Å². The van der Waals surface area contributed by atoms with Crippen LogP contribution in [0.4, 0.5) is 0 Å². The number of oxazole rings is 1. The van der Waals surface area contributed by atoms with E-state index in [1.165, 1.54) is 6.26 Å². The molecule has 4 rings (SSSR count). The van der Waals surface area contributed by atoms with Crippen molar-refractivity contribution in [3.05, 3.63) is 95.3 Å². The van der Waals surface area contributed by atoms with Gasteiger partial charge in [-0.25, -0.2) is 4.98 Å². The highest BCUT2D eigenvalue weighted by Gasteiger charge is 2.11. The van der Waals surface area contributed by atoms with E-state index in [4.69, 9.17) is 25.5 Å². The average Bonchev–Trinajstić information content (AvgIpc) is 3.28. The molecule has 0 aliphatic rings. The molecule has 6 nitrogen and oxygen atoms in total. The zero-order valence-corrected chi connectivity index (χ0v) is 18.1. The lowest BCUT2D eigenvalue weighted by atomic mass is 10.2. The van der Waals surface area contributed by atoms with Crippen molar-refractivity contribution in [3.63, 3.8) is 0 Å². The van der Waals surface area contributed by atoms with E-state index < -0.39 is 0 Å². The number of carbonyl (C=O) groups excluding carboxylic acids is 1. The molecule has 0 fully saturated rings. The number of nitrogens with zero attached hydrogens (tertiary/aromatic N) is 1. The summed E-state index contributed by atoms with van der Waals surface area (Å²) in [6.45, 7) is 0.398. The van der Waals surface area contributed by atoms with Gasteiger partial charge in [-0.05, 0) is 54.1 Å². The van der Waals surface area contributed by atoms with E-state index in [1.807, 2.05) is 60.7 Å². The number of rotatable bonds is 8. The van der Waals surface area contributed by atoms with Crippen molar-refractivity contribution >= 4 is 17.5 Å². The van der Waals surface area contributed by atoms with E-state index in [0.717, 1.165) is 11.1 Å². The first kappa shape index (κ1) is 21.5. The molecule has 0 saturated heterocycles. The molecule has 162 valence electrons. The number of para-hydroxylation sites is 2. The summed E-state index contributed by atoms with van der Waals surface area (Å²) in [5, 5.41) is 3.53. The summed E-state index contributed by atoms with van der Waals surface area (Å²) in [5.41, 5.74) is 2.32. The molecule has 0 aliphatic carbocycles. The van der Waals surface area contributed by atoms with Crippen LogP contribution in [0.25, 0.3) is 11.5 Å². The number of halogens is 1. The fourth-order valence-electron chi connectivity index (χ4n) is 3.05. The topological polar surface area (TPSA) is 73.6 Å². The predicted octanol–water partition coefficient (Wildman–Crippen LogP) is 5.65. The maximum Gasteiger partial charge on any atom is 0.226 e. The van der Waals surface area contributed by atoms with Gasteiger partial charge in [0.15, 0.2) is 11.5 Å². The van der Waals surface area contributed by atoms with Gasteiger partial charge in [-0.2, -0.15) is 0 Å². The highest BCUT2D eigenvalue weighted by molar-refractivity contribution is 6.30. The van der Waals surface area contributed by atoms with Crippen LogP contribution in [-0.4, -0.2) is 18.0 Å². The van der Waals surface area contributed by atoms with Crippen LogP contribution < -0.4 is 14.8 Å². The number of amides is 1. The van der Waals surface area contributed by atoms with Crippen molar-refractivity contribution in [3.8, 4) is 28.7 Å². The Hall–Kier alpha value is -3.77. The van der Waals surface area contributed by atoms with Crippen molar-refractivity contribution in [1.29, 1.82) is 0 Å². The molecule has 1 amide bonds. The highest BCUT2D eigenvalue weighted by Crippen LogP contribution is 2.30. The number of methoxy groups -OCH3 is 1. The van der Waals surface area contributed by atoms with Crippen LogP contribution in [0, 0.1) is 0 Å². The number of benzene rings is 3. The van der Waals surface area contributed by atoms with Crippen LogP contribution in [0.2, 0.25) is 5.02 Å². The first-order chi connectivity index (χ1) is 15.6. The molecule has 1 aromatic heterocycles. The number of hydrogen-bond acceptors (Lipinski definition) is 5.